The van der Waals surface area contributed by atoms with E-state index in [1.807, 2.05) is 12.1 Å². The number of ether oxygens (including phenoxy) is 3. The van der Waals surface area contributed by atoms with Crippen LogP contribution in [0.4, 0.5) is 0 Å². The van der Waals surface area contributed by atoms with E-state index in [0.717, 1.165) is 11.3 Å². The van der Waals surface area contributed by atoms with Gasteiger partial charge in [-0.3, -0.25) is 0 Å². The molecule has 0 aromatic heterocycles. The second kappa shape index (κ2) is 4.00. The Morgan fingerprint density at radius 2 is 2.14 bits per heavy atom. The van der Waals surface area contributed by atoms with Gasteiger partial charge in [0.2, 0.25) is 5.75 Å². The van der Waals surface area contributed by atoms with Crippen LogP contribution in [0.15, 0.2) is 12.1 Å². The van der Waals surface area contributed by atoms with Crippen molar-refractivity contribution in [1.29, 1.82) is 0 Å². The number of benzene rings is 1. The maximum atomic E-state index is 5.47. The highest BCUT2D eigenvalue weighted by atomic mass is 32.1. The number of methoxy groups -OCH3 is 1. The Morgan fingerprint density at radius 3 is 2.86 bits per heavy atom. The van der Waals surface area contributed by atoms with Gasteiger partial charge in [0.15, 0.2) is 11.5 Å². The molecule has 76 valence electrons. The highest BCUT2D eigenvalue weighted by Gasteiger charge is 2.17. The second-order valence-electron chi connectivity index (χ2n) is 2.98. The third kappa shape index (κ3) is 1.62. The first kappa shape index (κ1) is 9.52. The molecular weight excluding hydrogens is 200 g/mol. The molecule has 0 spiro atoms. The van der Waals surface area contributed by atoms with Crippen molar-refractivity contribution in [1.82, 2.24) is 0 Å². The summed E-state index contributed by atoms with van der Waals surface area (Å²) in [5.74, 6) is 2.82. The molecular formula is C10H12O3S. The maximum absolute atomic E-state index is 5.47. The molecule has 0 amide bonds. The van der Waals surface area contributed by atoms with Gasteiger partial charge < -0.3 is 14.2 Å². The molecule has 1 heterocycles. The van der Waals surface area contributed by atoms with Gasteiger partial charge in [-0.2, -0.15) is 12.6 Å². The largest absolute Gasteiger partial charge is 0.493 e. The van der Waals surface area contributed by atoms with Crippen LogP contribution in [0.25, 0.3) is 0 Å². The molecule has 3 nitrogen and oxygen atoms in total. The number of fused-ring (bicyclic) bond motifs is 1. The zero-order chi connectivity index (χ0) is 9.97. The van der Waals surface area contributed by atoms with E-state index in [9.17, 15) is 0 Å². The first-order valence-corrected chi connectivity index (χ1v) is 5.05. The Balaban J connectivity index is 2.47. The van der Waals surface area contributed by atoms with E-state index >= 15 is 0 Å². The van der Waals surface area contributed by atoms with Crippen molar-refractivity contribution in [2.24, 2.45) is 0 Å². The average Bonchev–Trinajstić information content (AvgIpc) is 2.27. The summed E-state index contributed by atoms with van der Waals surface area (Å²) in [6.07, 6.45) is 0. The lowest BCUT2D eigenvalue weighted by Crippen LogP contribution is -2.16. The smallest absolute Gasteiger partial charge is 0.203 e. The molecule has 0 aliphatic carbocycles. The Hall–Kier alpha value is -1.03. The lowest BCUT2D eigenvalue weighted by molar-refractivity contribution is 0.165. The van der Waals surface area contributed by atoms with E-state index in [1.165, 1.54) is 0 Å². The predicted octanol–water partition coefficient (Wildman–Crippen LogP) is 1.90. The van der Waals surface area contributed by atoms with E-state index in [-0.39, 0.29) is 0 Å². The van der Waals surface area contributed by atoms with Crippen molar-refractivity contribution >= 4 is 12.6 Å². The van der Waals surface area contributed by atoms with Gasteiger partial charge in [0, 0.05) is 5.75 Å². The standard InChI is InChI=1S/C10H12O3S/c1-11-8-4-7(6-14)5-9-10(8)13-3-2-12-9/h4-5,14H,2-3,6H2,1H3. The lowest BCUT2D eigenvalue weighted by atomic mass is 10.2. The van der Waals surface area contributed by atoms with Crippen LogP contribution in [-0.4, -0.2) is 20.3 Å². The molecule has 1 aromatic carbocycles. The summed E-state index contributed by atoms with van der Waals surface area (Å²) in [5.41, 5.74) is 1.06. The highest BCUT2D eigenvalue weighted by molar-refractivity contribution is 7.79. The molecule has 14 heavy (non-hydrogen) atoms. The van der Waals surface area contributed by atoms with Gasteiger partial charge in [-0.05, 0) is 17.7 Å². The monoisotopic (exact) mass is 212 g/mol. The van der Waals surface area contributed by atoms with Gasteiger partial charge in [-0.25, -0.2) is 0 Å². The van der Waals surface area contributed by atoms with Crippen molar-refractivity contribution in [2.75, 3.05) is 20.3 Å². The predicted molar refractivity (Wildman–Crippen MR) is 56.7 cm³/mol. The van der Waals surface area contributed by atoms with Gasteiger partial charge in [0.05, 0.1) is 7.11 Å². The molecule has 2 rings (SSSR count). The third-order valence-corrected chi connectivity index (χ3v) is 2.44. The first-order chi connectivity index (χ1) is 6.85. The van der Waals surface area contributed by atoms with Crippen molar-refractivity contribution in [3.8, 4) is 17.2 Å². The first-order valence-electron chi connectivity index (χ1n) is 4.42. The summed E-state index contributed by atoms with van der Waals surface area (Å²) < 4.78 is 16.2. The molecule has 0 fully saturated rings. The molecule has 0 unspecified atom stereocenters. The summed E-state index contributed by atoms with van der Waals surface area (Å²) in [6, 6.07) is 3.85. The van der Waals surface area contributed by atoms with Gasteiger partial charge in [-0.1, -0.05) is 0 Å². The molecule has 4 heteroatoms. The molecule has 0 bridgehead atoms. The van der Waals surface area contributed by atoms with Crippen molar-refractivity contribution in [3.05, 3.63) is 17.7 Å². The van der Waals surface area contributed by atoms with Crippen LogP contribution in [0.1, 0.15) is 5.56 Å². The summed E-state index contributed by atoms with van der Waals surface area (Å²) in [6.45, 7) is 1.16. The Morgan fingerprint density at radius 1 is 1.36 bits per heavy atom. The number of thiol groups is 1. The third-order valence-electron chi connectivity index (χ3n) is 2.07. The SMILES string of the molecule is COc1cc(CS)cc2c1OCCO2. The molecule has 1 aromatic rings. The zero-order valence-corrected chi connectivity index (χ0v) is 8.84. The minimum Gasteiger partial charge on any atom is -0.493 e. The fourth-order valence-electron chi connectivity index (χ4n) is 1.42. The molecule has 0 N–H and O–H groups in total. The van der Waals surface area contributed by atoms with Gasteiger partial charge >= 0.3 is 0 Å². The number of rotatable bonds is 2. The molecule has 1 aliphatic rings. The summed E-state index contributed by atoms with van der Waals surface area (Å²) in [5, 5.41) is 0. The quantitative estimate of drug-likeness (QED) is 0.759. The van der Waals surface area contributed by atoms with Gasteiger partial charge in [0.25, 0.3) is 0 Å². The summed E-state index contributed by atoms with van der Waals surface area (Å²) in [4.78, 5) is 0. The molecule has 0 atom stereocenters. The topological polar surface area (TPSA) is 27.7 Å². The number of hydrogen-bond acceptors (Lipinski definition) is 4. The average molecular weight is 212 g/mol. The lowest BCUT2D eigenvalue weighted by Gasteiger charge is -2.21. The van der Waals surface area contributed by atoms with E-state index in [0.29, 0.717) is 30.5 Å². The normalized spacial score (nSPS) is 13.9. The van der Waals surface area contributed by atoms with Crippen molar-refractivity contribution in [3.63, 3.8) is 0 Å². The Labute approximate surface area is 88.4 Å². The van der Waals surface area contributed by atoms with Crippen LogP contribution in [-0.2, 0) is 5.75 Å². The highest BCUT2D eigenvalue weighted by Crippen LogP contribution is 2.40. The van der Waals surface area contributed by atoms with Crippen molar-refractivity contribution < 1.29 is 14.2 Å². The summed E-state index contributed by atoms with van der Waals surface area (Å²) >= 11 is 4.21. The molecule has 1 aliphatic heterocycles. The van der Waals surface area contributed by atoms with Crippen LogP contribution in [0, 0.1) is 0 Å². The maximum Gasteiger partial charge on any atom is 0.203 e. The van der Waals surface area contributed by atoms with Crippen LogP contribution in [0.2, 0.25) is 0 Å². The van der Waals surface area contributed by atoms with Gasteiger partial charge in [0.1, 0.15) is 13.2 Å². The van der Waals surface area contributed by atoms with Crippen LogP contribution in [0.3, 0.4) is 0 Å². The van der Waals surface area contributed by atoms with E-state index in [2.05, 4.69) is 12.6 Å². The fourth-order valence-corrected chi connectivity index (χ4v) is 1.60. The van der Waals surface area contributed by atoms with Crippen LogP contribution in [0.5, 0.6) is 17.2 Å². The van der Waals surface area contributed by atoms with E-state index < -0.39 is 0 Å². The minimum absolute atomic E-state index is 0.573. The van der Waals surface area contributed by atoms with Crippen LogP contribution >= 0.6 is 12.6 Å². The van der Waals surface area contributed by atoms with Gasteiger partial charge in [-0.15, -0.1) is 0 Å². The van der Waals surface area contributed by atoms with Crippen molar-refractivity contribution in [2.45, 2.75) is 5.75 Å². The fraction of sp³-hybridized carbons (Fsp3) is 0.400. The molecule has 0 saturated carbocycles. The summed E-state index contributed by atoms with van der Waals surface area (Å²) in [7, 11) is 1.62. The van der Waals surface area contributed by atoms with E-state index in [1.54, 1.807) is 7.11 Å². The zero-order valence-electron chi connectivity index (χ0n) is 7.95. The van der Waals surface area contributed by atoms with E-state index in [4.69, 9.17) is 14.2 Å². The number of hydrogen-bond donors (Lipinski definition) is 1. The van der Waals surface area contributed by atoms with Crippen LogP contribution < -0.4 is 14.2 Å². The Bertz CT molecular complexity index is 321. The molecule has 0 saturated heterocycles. The minimum atomic E-state index is 0.573. The Kier molecular flexibility index (Phi) is 2.72. The molecule has 0 radical (unpaired) electrons. The second-order valence-corrected chi connectivity index (χ2v) is 3.30.